The van der Waals surface area contributed by atoms with Crippen LogP contribution in [0.4, 0.5) is 8.78 Å². The number of fused-ring (bicyclic) bond motifs is 4. The summed E-state index contributed by atoms with van der Waals surface area (Å²) in [6.45, 7) is -2.95. The van der Waals surface area contributed by atoms with Crippen LogP contribution in [0.3, 0.4) is 0 Å². The van der Waals surface area contributed by atoms with Gasteiger partial charge in [0, 0.05) is 24.6 Å². The number of hydrogen-bond acceptors (Lipinski definition) is 3. The van der Waals surface area contributed by atoms with Gasteiger partial charge in [-0.1, -0.05) is 6.07 Å². The van der Waals surface area contributed by atoms with Crippen LogP contribution >= 0.6 is 0 Å². The average molecular weight is 429 g/mol. The molecule has 1 fully saturated rings. The molecule has 22 heavy (non-hydrogen) atoms. The van der Waals surface area contributed by atoms with Crippen LogP contribution in [0.1, 0.15) is 34.7 Å². The first-order valence-corrected chi connectivity index (χ1v) is 6.36. The van der Waals surface area contributed by atoms with E-state index in [1.54, 1.807) is 13.1 Å². The minimum Gasteiger partial charge on any atom is -0.435 e. The number of benzene rings is 1. The number of carbonyl (C=O) groups excluding carboxylic acids is 2. The smallest absolute Gasteiger partial charge is 0.435 e. The molecule has 0 aromatic heterocycles. The maximum absolute atomic E-state index is 12.5. The molecule has 1 aliphatic carbocycles. The van der Waals surface area contributed by atoms with Crippen molar-refractivity contribution >= 4 is 11.7 Å². The molecule has 4 nitrogen and oxygen atoms in total. The molecular weight excluding hydrogens is 413 g/mol. The summed E-state index contributed by atoms with van der Waals surface area (Å²) in [6, 6.07) is 4.07. The number of rotatable bonds is 2. The van der Waals surface area contributed by atoms with Gasteiger partial charge in [-0.2, -0.15) is 8.78 Å². The first-order chi connectivity index (χ1) is 9.49. The number of halogens is 2. The normalized spacial score (nSPS) is 22.6. The summed E-state index contributed by atoms with van der Waals surface area (Å²) in [5.74, 6) is -0.574. The molecule has 2 unspecified atom stereocenters. The van der Waals surface area contributed by atoms with E-state index in [2.05, 4.69) is 4.74 Å². The Morgan fingerprint density at radius 1 is 1.32 bits per heavy atom. The molecule has 3 rings (SSSR count). The van der Waals surface area contributed by atoms with Gasteiger partial charge >= 0.3 is 75.5 Å². The molecule has 1 aliphatic heterocycles. The van der Waals surface area contributed by atoms with E-state index in [0.717, 1.165) is 0 Å². The molecule has 1 aromatic rings. The molecule has 0 saturated heterocycles. The van der Waals surface area contributed by atoms with Gasteiger partial charge in [-0.3, -0.25) is 9.59 Å². The zero-order valence-corrected chi connectivity index (χ0v) is 19.1. The molecule has 2 atom stereocenters. The summed E-state index contributed by atoms with van der Waals surface area (Å²) < 4.78 is 29.5. The predicted molar refractivity (Wildman–Crippen MR) is 72.4 cm³/mol. The summed E-state index contributed by atoms with van der Waals surface area (Å²) in [5.41, 5.74) is 0.795. The van der Waals surface area contributed by atoms with Gasteiger partial charge in [0.1, 0.15) is 5.75 Å². The second-order valence-corrected chi connectivity index (χ2v) is 5.13. The Balaban J connectivity index is 0.00000121. The van der Waals surface area contributed by atoms with Crippen molar-refractivity contribution in [3.63, 3.8) is 0 Å². The third kappa shape index (κ3) is 3.44. The Morgan fingerprint density at radius 3 is 2.64 bits per heavy atom. The number of hydrogen-bond donors (Lipinski definition) is 0. The first kappa shape index (κ1) is 20.1. The Kier molecular flexibility index (Phi) is 7.10. The van der Waals surface area contributed by atoms with Crippen LogP contribution in [0.5, 0.6) is 5.75 Å². The number of nitrogens with zero attached hydrogens (tertiary/aromatic N) is 1. The van der Waals surface area contributed by atoms with Crippen LogP contribution in [0, 0.1) is 7.43 Å². The van der Waals surface area contributed by atoms with E-state index in [1.807, 2.05) is 0 Å². The number of ether oxygens (including phenoxy) is 1. The van der Waals surface area contributed by atoms with Crippen LogP contribution in [0.25, 0.3) is 0 Å². The zero-order chi connectivity index (χ0) is 14.4. The Morgan fingerprint density at radius 2 is 2.00 bits per heavy atom. The van der Waals surface area contributed by atoms with Crippen molar-refractivity contribution in [3.8, 4) is 5.75 Å². The molecule has 1 saturated carbocycles. The molecule has 1 amide bonds. The summed E-state index contributed by atoms with van der Waals surface area (Å²) in [5, 5.41) is 0. The van der Waals surface area contributed by atoms with Crippen molar-refractivity contribution in [1.29, 1.82) is 0 Å². The minimum absolute atomic E-state index is 0. The van der Waals surface area contributed by atoms with Crippen molar-refractivity contribution in [1.82, 2.24) is 4.90 Å². The number of ketones is 1. The molecule has 1 aromatic carbocycles. The average Bonchev–Trinajstić information content (AvgIpc) is 2.73. The largest absolute Gasteiger partial charge is 1.00 e. The number of likely N-dealkylation sites (N-methyl/N-ethyl adjacent to an activating group) is 1. The maximum Gasteiger partial charge on any atom is 1.00 e. The molecule has 0 N–H and O–H groups in total. The van der Waals surface area contributed by atoms with Crippen molar-refractivity contribution in [3.05, 3.63) is 36.8 Å². The van der Waals surface area contributed by atoms with Crippen LogP contribution in [-0.2, 0) is 4.79 Å². The standard InChI is InChI=1S/C14H13F2NO3.CH3.Cs/c1-17-9-5-7(6-10(9)18)12-8(13(17)19)3-2-4-11(12)20-14(15)16;;/h2-4,7,9,14H,5-6H2,1H3;1H3;/q;-1;+1. The van der Waals surface area contributed by atoms with Gasteiger partial charge in [-0.15, -0.1) is 0 Å². The fourth-order valence-corrected chi connectivity index (χ4v) is 3.14. The molecular formula is C15H16CsF2NO3. The topological polar surface area (TPSA) is 46.6 Å². The fourth-order valence-electron chi connectivity index (χ4n) is 3.14. The van der Waals surface area contributed by atoms with Crippen molar-refractivity contribution < 1.29 is 92.0 Å². The van der Waals surface area contributed by atoms with E-state index in [-0.39, 0.29) is 106 Å². The molecule has 114 valence electrons. The van der Waals surface area contributed by atoms with E-state index >= 15 is 0 Å². The predicted octanol–water partition coefficient (Wildman–Crippen LogP) is -0.357. The molecule has 7 heteroatoms. The molecule has 2 bridgehead atoms. The van der Waals surface area contributed by atoms with Gasteiger partial charge in [-0.05, 0) is 24.5 Å². The molecule has 0 spiro atoms. The number of carbonyl (C=O) groups is 2. The summed E-state index contributed by atoms with van der Waals surface area (Å²) in [7, 11) is 1.57. The van der Waals surface area contributed by atoms with Gasteiger partial charge in [0.25, 0.3) is 5.91 Å². The van der Waals surface area contributed by atoms with Gasteiger partial charge in [0.05, 0.1) is 6.04 Å². The first-order valence-electron chi connectivity index (χ1n) is 6.36. The molecule has 2 aliphatic rings. The van der Waals surface area contributed by atoms with Crippen LogP contribution in [0.2, 0.25) is 0 Å². The van der Waals surface area contributed by atoms with Crippen molar-refractivity contribution in [2.45, 2.75) is 31.4 Å². The van der Waals surface area contributed by atoms with Gasteiger partial charge in [0.2, 0.25) is 0 Å². The second-order valence-electron chi connectivity index (χ2n) is 5.13. The Hall–Kier alpha value is 0.0719. The minimum atomic E-state index is -2.95. The van der Waals surface area contributed by atoms with Crippen LogP contribution < -0.4 is 73.6 Å². The fraction of sp³-hybridized carbons (Fsp3) is 0.400. The van der Waals surface area contributed by atoms with Gasteiger partial charge in [0.15, 0.2) is 5.78 Å². The van der Waals surface area contributed by atoms with E-state index in [0.29, 0.717) is 17.5 Å². The van der Waals surface area contributed by atoms with Crippen LogP contribution in [0.15, 0.2) is 18.2 Å². The van der Waals surface area contributed by atoms with E-state index < -0.39 is 12.7 Å². The van der Waals surface area contributed by atoms with E-state index in [4.69, 9.17) is 0 Å². The zero-order valence-electron chi connectivity index (χ0n) is 12.8. The van der Waals surface area contributed by atoms with Gasteiger partial charge < -0.3 is 17.1 Å². The number of amides is 1. The maximum atomic E-state index is 12.5. The molecule has 0 radical (unpaired) electrons. The SMILES string of the molecule is CN1C(=O)c2cccc(OC(F)F)c2C2CC(=O)C1C2.[CH3-].[Cs+]. The number of alkyl halides is 2. The summed E-state index contributed by atoms with van der Waals surface area (Å²) >= 11 is 0. The van der Waals surface area contributed by atoms with E-state index in [1.165, 1.54) is 17.0 Å². The quantitative estimate of drug-likeness (QED) is 0.604. The number of Topliss-reactive ketones (excluding diaryl/α,β-unsaturated/α-hetero) is 1. The van der Waals surface area contributed by atoms with E-state index in [9.17, 15) is 18.4 Å². The third-order valence-electron chi connectivity index (χ3n) is 4.04. The van der Waals surface area contributed by atoms with Gasteiger partial charge in [-0.25, -0.2) is 0 Å². The van der Waals surface area contributed by atoms with Crippen molar-refractivity contribution in [2.75, 3.05) is 7.05 Å². The third-order valence-corrected chi connectivity index (χ3v) is 4.04. The second kappa shape index (κ2) is 7.76. The Bertz CT molecular complexity index is 594. The Labute approximate surface area is 187 Å². The summed E-state index contributed by atoms with van der Waals surface area (Å²) in [6.07, 6.45) is 0.733. The molecule has 1 heterocycles. The summed E-state index contributed by atoms with van der Waals surface area (Å²) in [4.78, 5) is 25.7. The van der Waals surface area contributed by atoms with Crippen molar-refractivity contribution in [2.24, 2.45) is 0 Å². The monoisotopic (exact) mass is 429 g/mol. The van der Waals surface area contributed by atoms with Crippen LogP contribution in [-0.4, -0.2) is 36.3 Å².